The van der Waals surface area contributed by atoms with Crippen LogP contribution in [-0.4, -0.2) is 38.2 Å². The minimum Gasteiger partial charge on any atom is -0.339 e. The van der Waals surface area contributed by atoms with Gasteiger partial charge in [0.05, 0.1) is 27.6 Å². The van der Waals surface area contributed by atoms with E-state index < -0.39 is 15.7 Å². The minimum absolute atomic E-state index is 0.00280. The average molecular weight is 495 g/mol. The van der Waals surface area contributed by atoms with Crippen molar-refractivity contribution in [1.82, 2.24) is 4.90 Å². The lowest BCUT2D eigenvalue weighted by Crippen LogP contribution is -2.36. The number of hydrogen-bond donors (Lipinski definition) is 0. The molecule has 8 heteroatoms. The molecule has 2 aliphatic rings. The molecule has 1 fully saturated rings. The number of fused-ring (bicyclic) bond motifs is 2. The first-order valence-electron chi connectivity index (χ1n) is 11.2. The van der Waals surface area contributed by atoms with Gasteiger partial charge in [0.15, 0.2) is 0 Å². The van der Waals surface area contributed by atoms with Crippen molar-refractivity contribution in [2.75, 3.05) is 18.0 Å². The van der Waals surface area contributed by atoms with Gasteiger partial charge in [0.25, 0.3) is 11.8 Å². The Hall–Kier alpha value is -3.16. The zero-order chi connectivity index (χ0) is 23.9. The van der Waals surface area contributed by atoms with E-state index in [1.54, 1.807) is 41.3 Å². The van der Waals surface area contributed by atoms with Gasteiger partial charge in [0.1, 0.15) is 0 Å². The van der Waals surface area contributed by atoms with Crippen LogP contribution in [0.3, 0.4) is 0 Å². The Morgan fingerprint density at radius 1 is 0.882 bits per heavy atom. The molecule has 0 atom stereocenters. The Morgan fingerprint density at radius 2 is 1.65 bits per heavy atom. The predicted molar refractivity (Wildman–Crippen MR) is 130 cm³/mol. The van der Waals surface area contributed by atoms with Crippen LogP contribution < -0.4 is 4.90 Å². The fourth-order valence-corrected chi connectivity index (χ4v) is 6.44. The van der Waals surface area contributed by atoms with Crippen LogP contribution in [0.2, 0.25) is 5.02 Å². The van der Waals surface area contributed by atoms with Crippen LogP contribution >= 0.6 is 11.6 Å². The molecule has 2 amide bonds. The van der Waals surface area contributed by atoms with E-state index >= 15 is 0 Å². The average Bonchev–Trinajstić information content (AvgIpc) is 2.92. The minimum atomic E-state index is -3.98. The summed E-state index contributed by atoms with van der Waals surface area (Å²) >= 11 is 6.16. The van der Waals surface area contributed by atoms with Crippen LogP contribution in [0.4, 0.5) is 5.69 Å². The van der Waals surface area contributed by atoms with Crippen molar-refractivity contribution in [2.24, 2.45) is 0 Å². The summed E-state index contributed by atoms with van der Waals surface area (Å²) in [6.45, 7) is 1.45. The molecule has 0 aliphatic carbocycles. The number of likely N-dealkylation sites (tertiary alicyclic amines) is 1. The van der Waals surface area contributed by atoms with Crippen molar-refractivity contribution >= 4 is 38.9 Å². The second-order valence-corrected chi connectivity index (χ2v) is 10.9. The molecule has 6 nitrogen and oxygen atoms in total. The first-order chi connectivity index (χ1) is 16.4. The van der Waals surface area contributed by atoms with Crippen LogP contribution in [0.5, 0.6) is 0 Å². The van der Waals surface area contributed by atoms with Crippen molar-refractivity contribution in [2.45, 2.75) is 35.6 Å². The Labute approximate surface area is 203 Å². The number of carbonyl (C=O) groups is 2. The van der Waals surface area contributed by atoms with E-state index in [1.807, 2.05) is 6.07 Å². The maximum Gasteiger partial charge on any atom is 0.259 e. The number of nitrogens with zero attached hydrogens (tertiary/aromatic N) is 2. The van der Waals surface area contributed by atoms with Crippen LogP contribution in [0.1, 0.15) is 45.5 Å². The number of anilines is 1. The molecule has 0 radical (unpaired) electrons. The second-order valence-electron chi connectivity index (χ2n) is 8.56. The number of halogens is 1. The number of piperidine rings is 1. The molecule has 3 aromatic carbocycles. The molecule has 174 valence electrons. The van der Waals surface area contributed by atoms with E-state index in [0.717, 1.165) is 24.8 Å². The summed E-state index contributed by atoms with van der Waals surface area (Å²) in [5, 5.41) is 0.516. The van der Waals surface area contributed by atoms with Gasteiger partial charge < -0.3 is 9.80 Å². The van der Waals surface area contributed by atoms with Gasteiger partial charge in [-0.3, -0.25) is 9.59 Å². The highest BCUT2D eigenvalue weighted by Gasteiger charge is 2.36. The summed E-state index contributed by atoms with van der Waals surface area (Å²) < 4.78 is 27.2. The Bertz CT molecular complexity index is 1400. The summed E-state index contributed by atoms with van der Waals surface area (Å²) in [6, 6.07) is 17.8. The van der Waals surface area contributed by atoms with Crippen LogP contribution in [0.15, 0.2) is 76.5 Å². The van der Waals surface area contributed by atoms with Gasteiger partial charge in [-0.05, 0) is 67.3 Å². The second kappa shape index (κ2) is 8.89. The largest absolute Gasteiger partial charge is 0.339 e. The van der Waals surface area contributed by atoms with E-state index in [-0.39, 0.29) is 33.5 Å². The fourth-order valence-electron chi connectivity index (χ4n) is 4.59. The normalized spacial score (nSPS) is 17.0. The van der Waals surface area contributed by atoms with E-state index in [1.165, 1.54) is 29.2 Å². The molecule has 1 saturated heterocycles. The molecular formula is C26H23ClN2O4S. The number of sulfone groups is 1. The first-order valence-corrected chi connectivity index (χ1v) is 13.1. The molecule has 2 aliphatic heterocycles. The molecule has 0 saturated carbocycles. The third-order valence-electron chi connectivity index (χ3n) is 6.31. The summed E-state index contributed by atoms with van der Waals surface area (Å²) in [5.41, 5.74) is 1.41. The van der Waals surface area contributed by atoms with Crippen LogP contribution in [0.25, 0.3) is 0 Å². The van der Waals surface area contributed by atoms with Crippen molar-refractivity contribution in [3.63, 3.8) is 0 Å². The Kier molecular flexibility index (Phi) is 5.91. The van der Waals surface area contributed by atoms with Crippen molar-refractivity contribution < 1.29 is 18.0 Å². The highest BCUT2D eigenvalue weighted by atomic mass is 35.5. The van der Waals surface area contributed by atoms with E-state index in [4.69, 9.17) is 11.6 Å². The van der Waals surface area contributed by atoms with Crippen LogP contribution in [0, 0.1) is 0 Å². The molecular weight excluding hydrogens is 472 g/mol. The number of hydrogen-bond acceptors (Lipinski definition) is 4. The lowest BCUT2D eigenvalue weighted by atomic mass is 10.1. The van der Waals surface area contributed by atoms with E-state index in [0.29, 0.717) is 23.7 Å². The summed E-state index contributed by atoms with van der Waals surface area (Å²) in [6.07, 6.45) is 2.98. The highest BCUT2D eigenvalue weighted by molar-refractivity contribution is 7.91. The van der Waals surface area contributed by atoms with Gasteiger partial charge in [-0.25, -0.2) is 8.42 Å². The summed E-state index contributed by atoms with van der Waals surface area (Å²) in [4.78, 5) is 30.1. The van der Waals surface area contributed by atoms with Gasteiger partial charge in [-0.15, -0.1) is 0 Å². The van der Waals surface area contributed by atoms with E-state index in [9.17, 15) is 18.0 Å². The van der Waals surface area contributed by atoms with Crippen molar-refractivity contribution in [3.8, 4) is 0 Å². The quantitative estimate of drug-likeness (QED) is 0.515. The molecule has 0 unspecified atom stereocenters. The molecule has 2 heterocycles. The van der Waals surface area contributed by atoms with Gasteiger partial charge in [-0.2, -0.15) is 0 Å². The highest BCUT2D eigenvalue weighted by Crippen LogP contribution is 2.38. The Balaban J connectivity index is 1.67. The van der Waals surface area contributed by atoms with Gasteiger partial charge in [0.2, 0.25) is 9.84 Å². The topological polar surface area (TPSA) is 74.8 Å². The van der Waals surface area contributed by atoms with Crippen molar-refractivity contribution in [3.05, 3.63) is 88.4 Å². The number of benzene rings is 3. The van der Waals surface area contributed by atoms with E-state index in [2.05, 4.69) is 0 Å². The Morgan fingerprint density at radius 3 is 2.41 bits per heavy atom. The van der Waals surface area contributed by atoms with Gasteiger partial charge in [-0.1, -0.05) is 35.9 Å². The lowest BCUT2D eigenvalue weighted by Gasteiger charge is -2.28. The molecule has 3 aromatic rings. The van der Waals surface area contributed by atoms with Crippen LogP contribution in [-0.2, 0) is 16.4 Å². The molecule has 0 N–H and O–H groups in total. The fraction of sp³-hybridized carbons (Fsp3) is 0.231. The lowest BCUT2D eigenvalue weighted by molar-refractivity contribution is 0.0724. The zero-order valence-corrected chi connectivity index (χ0v) is 20.0. The van der Waals surface area contributed by atoms with Crippen molar-refractivity contribution in [1.29, 1.82) is 0 Å². The molecule has 0 bridgehead atoms. The third-order valence-corrected chi connectivity index (χ3v) is 8.41. The standard InChI is InChI=1S/C26H23ClN2O4S/c27-20-8-6-7-18(15-20)17-29-22-16-19(25(30)28-13-4-1-5-14-28)11-12-24(22)34(32,33)23-10-3-2-9-21(23)26(29)31/h2-3,6-12,15-16H,1,4-5,13-14,17H2. The number of rotatable bonds is 3. The SMILES string of the molecule is O=C(c1ccc2c(c1)N(Cc1cccc(Cl)c1)C(=O)c1ccccc1S2(=O)=O)N1CCCCC1. The third kappa shape index (κ3) is 3.99. The zero-order valence-electron chi connectivity index (χ0n) is 18.4. The number of amides is 2. The molecule has 5 rings (SSSR count). The maximum atomic E-state index is 13.7. The summed E-state index contributed by atoms with van der Waals surface area (Å²) in [7, 11) is -3.98. The molecule has 0 spiro atoms. The van der Waals surface area contributed by atoms with Gasteiger partial charge in [0, 0.05) is 23.7 Å². The predicted octanol–water partition coefficient (Wildman–Crippen LogP) is 4.96. The number of carbonyl (C=O) groups excluding carboxylic acids is 2. The summed E-state index contributed by atoms with van der Waals surface area (Å²) in [5.74, 6) is -0.600. The molecule has 34 heavy (non-hydrogen) atoms. The smallest absolute Gasteiger partial charge is 0.259 e. The van der Waals surface area contributed by atoms with Gasteiger partial charge >= 0.3 is 0 Å². The molecule has 0 aromatic heterocycles. The monoisotopic (exact) mass is 494 g/mol. The first kappa shape index (κ1) is 22.6. The maximum absolute atomic E-state index is 13.7.